The summed E-state index contributed by atoms with van der Waals surface area (Å²) in [4.78, 5) is 29.7. The highest BCUT2D eigenvalue weighted by Crippen LogP contribution is 2.30. The molecule has 0 aliphatic heterocycles. The molecule has 0 fully saturated rings. The van der Waals surface area contributed by atoms with Crippen LogP contribution in [0.5, 0.6) is 0 Å². The molecular weight excluding hydrogens is 648 g/mol. The van der Waals surface area contributed by atoms with Gasteiger partial charge in [-0.3, -0.25) is 13.9 Å². The molecule has 1 atom stereocenters. The lowest BCUT2D eigenvalue weighted by atomic mass is 10.0. The highest BCUT2D eigenvalue weighted by atomic mass is 35.5. The maximum absolute atomic E-state index is 14.5. The van der Waals surface area contributed by atoms with Crippen molar-refractivity contribution in [2.24, 2.45) is 0 Å². The number of carbonyl (C=O) groups is 2. The van der Waals surface area contributed by atoms with E-state index in [4.69, 9.17) is 23.2 Å². The first-order valence-corrected chi connectivity index (χ1v) is 16.8. The maximum atomic E-state index is 14.5. The predicted octanol–water partition coefficient (Wildman–Crippen LogP) is 7.19. The second-order valence-corrected chi connectivity index (χ2v) is 14.8. The number of carbonyl (C=O) groups excluding carboxylic acids is 2. The van der Waals surface area contributed by atoms with Crippen molar-refractivity contribution in [2.75, 3.05) is 10.8 Å². The van der Waals surface area contributed by atoms with Crippen LogP contribution in [0.2, 0.25) is 10.0 Å². The first kappa shape index (κ1) is 34.9. The Morgan fingerprint density at radius 2 is 1.43 bits per heavy atom. The Labute approximate surface area is 280 Å². The molecule has 0 bridgehead atoms. The Kier molecular flexibility index (Phi) is 11.1. The number of benzene rings is 4. The van der Waals surface area contributed by atoms with Crippen LogP contribution in [0.4, 0.5) is 10.1 Å². The number of hydrogen-bond acceptors (Lipinski definition) is 4. The largest absolute Gasteiger partial charge is 0.350 e. The van der Waals surface area contributed by atoms with Crippen LogP contribution in [-0.2, 0) is 32.6 Å². The Morgan fingerprint density at radius 3 is 2.00 bits per heavy atom. The third-order valence-corrected chi connectivity index (χ3v) is 9.28. The van der Waals surface area contributed by atoms with Crippen LogP contribution in [0.3, 0.4) is 0 Å². The van der Waals surface area contributed by atoms with Gasteiger partial charge in [0.05, 0.1) is 10.6 Å². The molecule has 0 radical (unpaired) electrons. The van der Waals surface area contributed by atoms with Gasteiger partial charge in [0.2, 0.25) is 11.8 Å². The fourth-order valence-corrected chi connectivity index (χ4v) is 6.76. The van der Waals surface area contributed by atoms with Crippen molar-refractivity contribution >= 4 is 50.7 Å². The Morgan fingerprint density at radius 1 is 0.848 bits per heavy atom. The van der Waals surface area contributed by atoms with Gasteiger partial charge in [-0.05, 0) is 81.3 Å². The van der Waals surface area contributed by atoms with Crippen LogP contribution >= 0.6 is 23.2 Å². The van der Waals surface area contributed by atoms with Crippen molar-refractivity contribution < 1.29 is 22.4 Å². The minimum atomic E-state index is -4.33. The molecule has 4 rings (SSSR count). The zero-order valence-corrected chi connectivity index (χ0v) is 28.3. The number of rotatable bonds is 11. The summed E-state index contributed by atoms with van der Waals surface area (Å²) in [5, 5.41) is 3.32. The summed E-state index contributed by atoms with van der Waals surface area (Å²) < 4.78 is 43.1. The molecule has 0 aliphatic rings. The van der Waals surface area contributed by atoms with Gasteiger partial charge < -0.3 is 10.2 Å². The van der Waals surface area contributed by atoms with Crippen LogP contribution in [0.15, 0.2) is 102 Å². The number of anilines is 1. The lowest BCUT2D eigenvalue weighted by molar-refractivity contribution is -0.140. The summed E-state index contributed by atoms with van der Waals surface area (Å²) >= 11 is 12.6. The standard InChI is InChI=1S/C35H36Cl2FN3O4S/c1-24-10-16-31(17-11-24)46(44,45)41(30-20-27(36)19-28(37)21-30)23-33(42)40(22-26-12-14-29(38)15-13-26)32(34(43)39-35(2,3)4)18-25-8-6-5-7-9-25/h5-17,19-21,32H,18,22-23H2,1-4H3,(H,39,43)/t32-/m1/s1. The van der Waals surface area contributed by atoms with E-state index >= 15 is 0 Å². The second-order valence-electron chi connectivity index (χ2n) is 12.0. The number of nitrogens with one attached hydrogen (secondary N) is 1. The first-order chi connectivity index (χ1) is 21.6. The van der Waals surface area contributed by atoms with Gasteiger partial charge in [0.25, 0.3) is 10.0 Å². The van der Waals surface area contributed by atoms with Gasteiger partial charge in [0.1, 0.15) is 18.4 Å². The van der Waals surface area contributed by atoms with E-state index in [2.05, 4.69) is 5.32 Å². The summed E-state index contributed by atoms with van der Waals surface area (Å²) in [6.45, 7) is 6.54. The average Bonchev–Trinajstić information content (AvgIpc) is 2.97. The summed E-state index contributed by atoms with van der Waals surface area (Å²) in [6, 6.07) is 24.2. The number of amides is 2. The van der Waals surface area contributed by atoms with Gasteiger partial charge in [-0.25, -0.2) is 12.8 Å². The molecule has 2 amide bonds. The van der Waals surface area contributed by atoms with Gasteiger partial charge in [0, 0.05) is 28.5 Å². The normalized spacial score (nSPS) is 12.3. The molecule has 4 aromatic carbocycles. The van der Waals surface area contributed by atoms with Crippen LogP contribution in [0, 0.1) is 12.7 Å². The highest BCUT2D eigenvalue weighted by molar-refractivity contribution is 7.92. The van der Waals surface area contributed by atoms with Crippen LogP contribution in [-0.4, -0.2) is 43.3 Å². The van der Waals surface area contributed by atoms with E-state index in [9.17, 15) is 22.4 Å². The summed E-state index contributed by atoms with van der Waals surface area (Å²) in [5.41, 5.74) is 1.64. The molecule has 0 saturated carbocycles. The van der Waals surface area contributed by atoms with E-state index in [1.54, 1.807) is 12.1 Å². The van der Waals surface area contributed by atoms with Crippen LogP contribution in [0.1, 0.15) is 37.5 Å². The summed E-state index contributed by atoms with van der Waals surface area (Å²) in [5.74, 6) is -1.55. The third kappa shape index (κ3) is 9.31. The third-order valence-electron chi connectivity index (χ3n) is 7.06. The number of aryl methyl sites for hydroxylation is 1. The number of hydrogen-bond donors (Lipinski definition) is 1. The number of halogens is 3. The van der Waals surface area contributed by atoms with Crippen molar-refractivity contribution in [3.8, 4) is 0 Å². The van der Waals surface area contributed by atoms with E-state index in [1.165, 1.54) is 59.5 Å². The SMILES string of the molecule is Cc1ccc(S(=O)(=O)N(CC(=O)N(Cc2ccc(F)cc2)[C@H](Cc2ccccc2)C(=O)NC(C)(C)C)c2cc(Cl)cc(Cl)c2)cc1. The van der Waals surface area contributed by atoms with Crippen LogP contribution < -0.4 is 9.62 Å². The molecule has 46 heavy (non-hydrogen) atoms. The maximum Gasteiger partial charge on any atom is 0.264 e. The van der Waals surface area contributed by atoms with Crippen molar-refractivity contribution in [2.45, 2.75) is 57.1 Å². The Balaban J connectivity index is 1.84. The fourth-order valence-electron chi connectivity index (χ4n) is 4.84. The predicted molar refractivity (Wildman–Crippen MR) is 181 cm³/mol. The van der Waals surface area contributed by atoms with Gasteiger partial charge >= 0.3 is 0 Å². The summed E-state index contributed by atoms with van der Waals surface area (Å²) in [6.07, 6.45) is 0.142. The van der Waals surface area contributed by atoms with E-state index in [0.717, 1.165) is 15.4 Å². The topological polar surface area (TPSA) is 86.8 Å². The van der Waals surface area contributed by atoms with E-state index < -0.39 is 45.8 Å². The minimum Gasteiger partial charge on any atom is -0.350 e. The molecular formula is C35H36Cl2FN3O4S. The van der Waals surface area contributed by atoms with Crippen molar-refractivity contribution in [3.63, 3.8) is 0 Å². The van der Waals surface area contributed by atoms with Gasteiger partial charge in [0.15, 0.2) is 0 Å². The second kappa shape index (κ2) is 14.7. The highest BCUT2D eigenvalue weighted by Gasteiger charge is 2.35. The van der Waals surface area contributed by atoms with Crippen molar-refractivity contribution in [1.29, 1.82) is 0 Å². The van der Waals surface area contributed by atoms with E-state index in [0.29, 0.717) is 5.56 Å². The zero-order chi connectivity index (χ0) is 33.6. The molecule has 11 heteroatoms. The smallest absolute Gasteiger partial charge is 0.264 e. The molecule has 7 nitrogen and oxygen atoms in total. The molecule has 0 aromatic heterocycles. The minimum absolute atomic E-state index is 0.0432. The van der Waals surface area contributed by atoms with Gasteiger partial charge in [-0.1, -0.05) is 83.4 Å². The lowest BCUT2D eigenvalue weighted by Gasteiger charge is -2.35. The van der Waals surface area contributed by atoms with E-state index in [1.807, 2.05) is 58.0 Å². The fraction of sp³-hybridized carbons (Fsp3) is 0.257. The number of nitrogens with zero attached hydrogens (tertiary/aromatic N) is 2. The quantitative estimate of drug-likeness (QED) is 0.181. The van der Waals surface area contributed by atoms with Crippen molar-refractivity contribution in [1.82, 2.24) is 10.2 Å². The first-order valence-electron chi connectivity index (χ1n) is 14.6. The molecule has 0 unspecified atom stereocenters. The molecule has 0 saturated heterocycles. The molecule has 0 heterocycles. The van der Waals surface area contributed by atoms with Gasteiger partial charge in [-0.2, -0.15) is 0 Å². The summed E-state index contributed by atoms with van der Waals surface area (Å²) in [7, 11) is -4.33. The monoisotopic (exact) mass is 683 g/mol. The molecule has 0 aliphatic carbocycles. The molecule has 1 N–H and O–H groups in total. The zero-order valence-electron chi connectivity index (χ0n) is 26.0. The van der Waals surface area contributed by atoms with Gasteiger partial charge in [-0.15, -0.1) is 0 Å². The Bertz CT molecular complexity index is 1760. The average molecular weight is 685 g/mol. The Hall–Kier alpha value is -3.92. The molecule has 242 valence electrons. The molecule has 4 aromatic rings. The molecule has 0 spiro atoms. The van der Waals surface area contributed by atoms with Crippen LogP contribution in [0.25, 0.3) is 0 Å². The number of sulfonamides is 1. The van der Waals surface area contributed by atoms with Crippen molar-refractivity contribution in [3.05, 3.63) is 130 Å². The van der Waals surface area contributed by atoms with E-state index in [-0.39, 0.29) is 33.6 Å². The lowest BCUT2D eigenvalue weighted by Crippen LogP contribution is -2.56.